The molecule has 0 saturated heterocycles. The van der Waals surface area contributed by atoms with E-state index in [9.17, 15) is 4.79 Å². The molecule has 0 atom stereocenters. The fraction of sp³-hybridized carbons (Fsp3) is 0.562. The Morgan fingerprint density at radius 2 is 1.84 bits per heavy atom. The Morgan fingerprint density at radius 1 is 1.21 bits per heavy atom. The number of ether oxygens (including phenoxy) is 1. The van der Waals surface area contributed by atoms with Crippen LogP contribution in [0.3, 0.4) is 0 Å². The normalized spacial score (nSPS) is 15.1. The van der Waals surface area contributed by atoms with Crippen LogP contribution in [0, 0.1) is 5.92 Å². The van der Waals surface area contributed by atoms with Gasteiger partial charge in [-0.1, -0.05) is 51.3 Å². The second kappa shape index (κ2) is 9.42. The zero-order valence-electron chi connectivity index (χ0n) is 12.0. The Morgan fingerprint density at radius 3 is 2.47 bits per heavy atom. The predicted molar refractivity (Wildman–Crippen MR) is 80.5 cm³/mol. The summed E-state index contributed by atoms with van der Waals surface area (Å²) in [6, 6.07) is 9.15. The largest absolute Gasteiger partial charge is 0.412 e. The number of benzene rings is 1. The lowest BCUT2D eigenvalue weighted by atomic mass is 9.89. The smallest absolute Gasteiger partial charge is 0.410 e. The van der Waals surface area contributed by atoms with Crippen molar-refractivity contribution in [2.75, 3.05) is 6.54 Å². The molecule has 0 aliphatic heterocycles. The summed E-state index contributed by atoms with van der Waals surface area (Å²) in [7, 11) is 0. The van der Waals surface area contributed by atoms with Crippen LogP contribution in [0.2, 0.25) is 0 Å². The molecular weight excluding hydrogens is 238 g/mol. The van der Waals surface area contributed by atoms with E-state index in [1.54, 1.807) is 12.1 Å². The molecule has 2 rings (SSSR count). The number of hydrogen-bond donors (Lipinski definition) is 1. The van der Waals surface area contributed by atoms with Crippen LogP contribution >= 0.6 is 0 Å². The van der Waals surface area contributed by atoms with E-state index in [1.807, 2.05) is 32.0 Å². The minimum Gasteiger partial charge on any atom is -0.410 e. The number of amides is 1. The monoisotopic (exact) mass is 265 g/mol. The average molecular weight is 265 g/mol. The van der Waals surface area contributed by atoms with E-state index < -0.39 is 0 Å². The van der Waals surface area contributed by atoms with Crippen LogP contribution in [0.4, 0.5) is 4.79 Å². The van der Waals surface area contributed by atoms with Crippen molar-refractivity contribution in [3.63, 3.8) is 0 Å². The molecule has 1 aromatic rings. The van der Waals surface area contributed by atoms with E-state index in [2.05, 4.69) is 5.32 Å². The third-order valence-electron chi connectivity index (χ3n) is 3.21. The second-order valence-electron chi connectivity index (χ2n) is 4.59. The Labute approximate surface area is 117 Å². The fourth-order valence-corrected chi connectivity index (χ4v) is 2.25. The third kappa shape index (κ3) is 6.27. The maximum atomic E-state index is 11.5. The predicted octanol–water partition coefficient (Wildman–Crippen LogP) is 4.63. The van der Waals surface area contributed by atoms with Gasteiger partial charge in [0.1, 0.15) is 5.75 Å². The molecule has 0 unspecified atom stereocenters. The minimum absolute atomic E-state index is 0. The van der Waals surface area contributed by atoms with Crippen molar-refractivity contribution in [1.82, 2.24) is 5.32 Å². The first-order valence-electron chi connectivity index (χ1n) is 7.35. The Bertz CT molecular complexity index is 351. The van der Waals surface area contributed by atoms with Crippen molar-refractivity contribution in [3.05, 3.63) is 30.3 Å². The van der Waals surface area contributed by atoms with Crippen molar-refractivity contribution in [3.8, 4) is 5.75 Å². The summed E-state index contributed by atoms with van der Waals surface area (Å²) in [6.45, 7) is 4.74. The molecule has 0 radical (unpaired) electrons. The maximum Gasteiger partial charge on any atom is 0.412 e. The number of rotatable bonds is 3. The van der Waals surface area contributed by atoms with Crippen molar-refractivity contribution in [1.29, 1.82) is 0 Å². The van der Waals surface area contributed by atoms with Crippen LogP contribution in [0.25, 0.3) is 0 Å². The molecule has 19 heavy (non-hydrogen) atoms. The van der Waals surface area contributed by atoms with Crippen LogP contribution in [0.1, 0.15) is 47.4 Å². The highest BCUT2D eigenvalue weighted by Crippen LogP contribution is 2.22. The van der Waals surface area contributed by atoms with E-state index in [0.29, 0.717) is 11.7 Å². The van der Waals surface area contributed by atoms with Gasteiger partial charge in [-0.2, -0.15) is 0 Å². The molecule has 0 bridgehead atoms. The summed E-state index contributed by atoms with van der Waals surface area (Å²) in [5, 5.41) is 2.84. The molecule has 0 heterocycles. The molecule has 1 N–H and O–H groups in total. The van der Waals surface area contributed by atoms with Crippen molar-refractivity contribution in [2.45, 2.75) is 46.0 Å². The van der Waals surface area contributed by atoms with Crippen molar-refractivity contribution < 1.29 is 11.0 Å². The number of carbonyl (C=O) groups excluding carboxylic acids is 1. The van der Waals surface area contributed by atoms with Crippen LogP contribution in [0.15, 0.2) is 30.3 Å². The van der Waals surface area contributed by atoms with Crippen molar-refractivity contribution >= 4 is 6.09 Å². The van der Waals surface area contributed by atoms with Gasteiger partial charge >= 0.3 is 6.09 Å². The molecule has 0 aromatic heterocycles. The zero-order valence-corrected chi connectivity index (χ0v) is 12.0. The molecule has 3 heteroatoms. The lowest BCUT2D eigenvalue weighted by molar-refractivity contribution is 0.196. The van der Waals surface area contributed by atoms with Gasteiger partial charge in [0.05, 0.1) is 0 Å². The highest BCUT2D eigenvalue weighted by Gasteiger charge is 2.14. The summed E-state index contributed by atoms with van der Waals surface area (Å²) < 4.78 is 5.16. The Kier molecular flexibility index (Phi) is 7.71. The lowest BCUT2D eigenvalue weighted by Gasteiger charge is -2.21. The molecule has 1 fully saturated rings. The van der Waals surface area contributed by atoms with E-state index in [0.717, 1.165) is 6.54 Å². The molecule has 1 aromatic carbocycles. The van der Waals surface area contributed by atoms with E-state index in [-0.39, 0.29) is 7.52 Å². The molecule has 0 spiro atoms. The van der Waals surface area contributed by atoms with Gasteiger partial charge in [0.15, 0.2) is 0 Å². The van der Waals surface area contributed by atoms with Crippen LogP contribution in [-0.4, -0.2) is 12.6 Å². The van der Waals surface area contributed by atoms with Crippen LogP contribution in [0.5, 0.6) is 5.75 Å². The molecule has 1 aliphatic rings. The Hall–Kier alpha value is -1.51. The van der Waals surface area contributed by atoms with Gasteiger partial charge in [-0.05, 0) is 30.9 Å². The second-order valence-corrected chi connectivity index (χ2v) is 4.59. The molecule has 1 saturated carbocycles. The summed E-state index contributed by atoms with van der Waals surface area (Å²) in [6.07, 6.45) is 6.03. The van der Waals surface area contributed by atoms with Gasteiger partial charge in [-0.25, -0.2) is 4.79 Å². The highest BCUT2D eigenvalue weighted by molar-refractivity contribution is 5.70. The number of carbonyl (C=O) groups is 1. The summed E-state index contributed by atoms with van der Waals surface area (Å²) in [4.78, 5) is 11.5. The standard InChI is InChI=1S/C14H19NO2.C2H6.H2/c16-14(17-13-9-5-2-6-10-13)15-11-12-7-3-1-4-8-12;1-2;/h2,5-6,9-10,12H,1,3-4,7-8,11H2,(H,15,16);1-2H3;1H. The molecule has 1 aliphatic carbocycles. The summed E-state index contributed by atoms with van der Waals surface area (Å²) in [5.41, 5.74) is 0. The lowest BCUT2D eigenvalue weighted by Crippen LogP contribution is -2.32. The fourth-order valence-electron chi connectivity index (χ4n) is 2.25. The highest BCUT2D eigenvalue weighted by atomic mass is 16.5. The van der Waals surface area contributed by atoms with Gasteiger partial charge in [0.25, 0.3) is 0 Å². The number of hydrogen-bond acceptors (Lipinski definition) is 2. The zero-order chi connectivity index (χ0) is 13.9. The van der Waals surface area contributed by atoms with E-state index in [1.165, 1.54) is 32.1 Å². The first-order chi connectivity index (χ1) is 9.34. The average Bonchev–Trinajstić information content (AvgIpc) is 2.49. The third-order valence-corrected chi connectivity index (χ3v) is 3.21. The van der Waals surface area contributed by atoms with Crippen molar-refractivity contribution in [2.24, 2.45) is 5.92 Å². The van der Waals surface area contributed by atoms with Gasteiger partial charge in [0, 0.05) is 7.97 Å². The number of nitrogens with one attached hydrogen (secondary N) is 1. The van der Waals surface area contributed by atoms with Gasteiger partial charge in [-0.15, -0.1) is 0 Å². The quantitative estimate of drug-likeness (QED) is 0.865. The van der Waals surface area contributed by atoms with E-state index >= 15 is 0 Å². The molecule has 108 valence electrons. The van der Waals surface area contributed by atoms with Gasteiger partial charge in [0.2, 0.25) is 0 Å². The topological polar surface area (TPSA) is 38.3 Å². The first kappa shape index (κ1) is 15.5. The minimum atomic E-state index is -0.346. The molecule has 1 amide bonds. The molecule has 3 nitrogen and oxygen atoms in total. The SMILES string of the molecule is CC.O=C(NCC1CCCCC1)Oc1ccccc1.[HH]. The van der Waals surface area contributed by atoms with Crippen LogP contribution < -0.4 is 10.1 Å². The van der Waals surface area contributed by atoms with E-state index in [4.69, 9.17) is 4.74 Å². The maximum absolute atomic E-state index is 11.5. The molecular formula is C16H27NO2. The van der Waals surface area contributed by atoms with Gasteiger partial charge in [-0.3, -0.25) is 0 Å². The van der Waals surface area contributed by atoms with Crippen LogP contribution in [-0.2, 0) is 0 Å². The Balaban J connectivity index is 0.00000115. The van der Waals surface area contributed by atoms with Gasteiger partial charge < -0.3 is 10.1 Å². The first-order valence-corrected chi connectivity index (χ1v) is 7.35. The summed E-state index contributed by atoms with van der Waals surface area (Å²) in [5.74, 6) is 1.22. The summed E-state index contributed by atoms with van der Waals surface area (Å²) >= 11 is 0. The number of para-hydroxylation sites is 1.